The van der Waals surface area contributed by atoms with Crippen LogP contribution < -0.4 is 10.3 Å². The van der Waals surface area contributed by atoms with Gasteiger partial charge in [0.2, 0.25) is 0 Å². The summed E-state index contributed by atoms with van der Waals surface area (Å²) < 4.78 is 6.86. The highest BCUT2D eigenvalue weighted by Gasteiger charge is 2.23. The molecule has 2 heterocycles. The Morgan fingerprint density at radius 2 is 2.06 bits per heavy atom. The summed E-state index contributed by atoms with van der Waals surface area (Å²) in [6, 6.07) is 9.56. The van der Waals surface area contributed by atoms with Crippen molar-refractivity contribution in [2.75, 3.05) is 6.61 Å². The van der Waals surface area contributed by atoms with Gasteiger partial charge in [-0.25, -0.2) is 14.5 Å². The van der Waals surface area contributed by atoms with Crippen molar-refractivity contribution in [1.82, 2.24) is 19.7 Å². The molecule has 4 aromatic rings. The van der Waals surface area contributed by atoms with Gasteiger partial charge in [0, 0.05) is 11.5 Å². The topological polar surface area (TPSA) is 110 Å². The number of aromatic nitrogens is 4. The number of carbonyl (C=O) groups is 1. The van der Waals surface area contributed by atoms with Crippen LogP contribution in [0.5, 0.6) is 5.75 Å². The third-order valence-corrected chi connectivity index (χ3v) is 6.02. The Balaban J connectivity index is 1.54. The first kappa shape index (κ1) is 20.5. The average molecular weight is 453 g/mol. The van der Waals surface area contributed by atoms with E-state index in [0.717, 1.165) is 10.2 Å². The average Bonchev–Trinajstić information content (AvgIpc) is 3.53. The summed E-state index contributed by atoms with van der Waals surface area (Å²) in [5.41, 5.74) is 1.60. The summed E-state index contributed by atoms with van der Waals surface area (Å²) in [7, 11) is 0. The molecule has 0 amide bonds. The number of aliphatic carboxylic acids is 1. The van der Waals surface area contributed by atoms with Crippen molar-refractivity contribution in [1.29, 1.82) is 0 Å². The van der Waals surface area contributed by atoms with Gasteiger partial charge < -0.3 is 14.8 Å². The molecule has 1 saturated carbocycles. The van der Waals surface area contributed by atoms with E-state index in [1.165, 1.54) is 19.8 Å². The molecule has 1 atom stereocenters. The van der Waals surface area contributed by atoms with Crippen molar-refractivity contribution in [3.8, 4) is 5.75 Å². The fourth-order valence-corrected chi connectivity index (χ4v) is 3.90. The van der Waals surface area contributed by atoms with E-state index in [1.807, 2.05) is 12.1 Å². The molecule has 1 aliphatic carbocycles. The number of hydrogen-bond acceptors (Lipinski definition) is 5. The first-order chi connectivity index (χ1) is 15.4. The first-order valence-electron chi connectivity index (χ1n) is 10.4. The van der Waals surface area contributed by atoms with Crippen molar-refractivity contribution in [3.63, 3.8) is 0 Å². The number of aromatic amines is 1. The molecule has 0 saturated heterocycles. The van der Waals surface area contributed by atoms with E-state index >= 15 is 0 Å². The van der Waals surface area contributed by atoms with E-state index < -0.39 is 17.6 Å². The van der Waals surface area contributed by atoms with Gasteiger partial charge in [0.1, 0.15) is 11.6 Å². The van der Waals surface area contributed by atoms with Crippen LogP contribution in [-0.4, -0.2) is 37.4 Å². The molecule has 164 valence electrons. The summed E-state index contributed by atoms with van der Waals surface area (Å²) >= 11 is 6.38. The molecule has 32 heavy (non-hydrogen) atoms. The molecule has 1 aliphatic rings. The lowest BCUT2D eigenvalue weighted by molar-refractivity contribution is -0.140. The third kappa shape index (κ3) is 3.82. The zero-order valence-electron chi connectivity index (χ0n) is 17.3. The Bertz CT molecular complexity index is 1410. The van der Waals surface area contributed by atoms with Gasteiger partial charge in [-0.2, -0.15) is 5.10 Å². The molecule has 1 fully saturated rings. The number of carboxylic acids is 1. The molecule has 9 heteroatoms. The van der Waals surface area contributed by atoms with Gasteiger partial charge in [0.15, 0.2) is 6.04 Å². The molecular formula is C23H21ClN4O4. The van der Waals surface area contributed by atoms with Crippen LogP contribution in [-0.2, 0) is 11.2 Å². The van der Waals surface area contributed by atoms with E-state index in [2.05, 4.69) is 15.1 Å². The van der Waals surface area contributed by atoms with Crippen LogP contribution in [0.1, 0.15) is 37.3 Å². The van der Waals surface area contributed by atoms with Gasteiger partial charge in [-0.15, -0.1) is 0 Å². The molecule has 0 bridgehead atoms. The van der Waals surface area contributed by atoms with Crippen LogP contribution in [0.3, 0.4) is 0 Å². The highest BCUT2D eigenvalue weighted by atomic mass is 35.5. The highest BCUT2D eigenvalue weighted by Crippen LogP contribution is 2.33. The molecule has 0 spiro atoms. The standard InChI is InChI=1S/C23H21ClN4O4/c1-12(23(30)31)28-22(29)15-5-3-2-4-14(15)17(27-28)10-21-25-18-8-16(24)20(9-19(18)26-21)32-11-13-6-7-13/h2-5,8-9,12-13H,6-7,10-11H2,1H3,(H,25,26)(H,30,31). The Hall–Kier alpha value is -3.39. The lowest BCUT2D eigenvalue weighted by Gasteiger charge is -2.13. The van der Waals surface area contributed by atoms with Gasteiger partial charge in [-0.3, -0.25) is 4.79 Å². The summed E-state index contributed by atoms with van der Waals surface area (Å²) in [5, 5.41) is 15.4. The number of carboxylic acid groups (broad SMARTS) is 1. The van der Waals surface area contributed by atoms with Crippen molar-refractivity contribution >= 4 is 39.4 Å². The number of imidazole rings is 1. The van der Waals surface area contributed by atoms with E-state index in [0.29, 0.717) is 51.1 Å². The lowest BCUT2D eigenvalue weighted by Crippen LogP contribution is -2.31. The number of fused-ring (bicyclic) bond motifs is 2. The number of ether oxygens (including phenoxy) is 1. The lowest BCUT2D eigenvalue weighted by atomic mass is 10.1. The number of halogens is 1. The molecular weight excluding hydrogens is 432 g/mol. The minimum atomic E-state index is -1.13. The summed E-state index contributed by atoms with van der Waals surface area (Å²) in [6.45, 7) is 2.09. The minimum absolute atomic E-state index is 0.289. The van der Waals surface area contributed by atoms with Crippen molar-refractivity contribution in [2.45, 2.75) is 32.2 Å². The minimum Gasteiger partial charge on any atom is -0.492 e. The first-order valence-corrected chi connectivity index (χ1v) is 10.8. The van der Waals surface area contributed by atoms with Gasteiger partial charge in [-0.1, -0.05) is 29.8 Å². The summed E-state index contributed by atoms with van der Waals surface area (Å²) in [5.74, 6) is 0.718. The van der Waals surface area contributed by atoms with Crippen molar-refractivity contribution in [2.24, 2.45) is 5.92 Å². The number of nitrogens with one attached hydrogen (secondary N) is 1. The summed E-state index contributed by atoms with van der Waals surface area (Å²) in [4.78, 5) is 32.2. The number of benzene rings is 2. The predicted molar refractivity (Wildman–Crippen MR) is 120 cm³/mol. The SMILES string of the molecule is CC(C(=O)O)n1nc(Cc2nc3cc(OCC4CC4)c(Cl)cc3[nH]2)c2ccccc2c1=O. The van der Waals surface area contributed by atoms with Gasteiger partial charge >= 0.3 is 5.97 Å². The maximum atomic E-state index is 12.8. The fraction of sp³-hybridized carbons (Fsp3) is 0.304. The second kappa shape index (κ2) is 7.94. The van der Waals surface area contributed by atoms with Gasteiger partial charge in [0.25, 0.3) is 5.56 Å². The van der Waals surface area contributed by atoms with Crippen LogP contribution in [0.4, 0.5) is 0 Å². The maximum Gasteiger partial charge on any atom is 0.328 e. The zero-order valence-corrected chi connectivity index (χ0v) is 18.1. The fourth-order valence-electron chi connectivity index (χ4n) is 3.68. The van der Waals surface area contributed by atoms with E-state index in [1.54, 1.807) is 24.3 Å². The molecule has 0 radical (unpaired) electrons. The molecule has 1 unspecified atom stereocenters. The molecule has 2 aromatic carbocycles. The second-order valence-corrected chi connectivity index (χ2v) is 8.58. The van der Waals surface area contributed by atoms with E-state index in [9.17, 15) is 14.7 Å². The zero-order chi connectivity index (χ0) is 22.4. The van der Waals surface area contributed by atoms with Crippen molar-refractivity contribution < 1.29 is 14.6 Å². The number of nitrogens with zero attached hydrogens (tertiary/aromatic N) is 3. The number of H-pyrrole nitrogens is 1. The molecule has 2 aromatic heterocycles. The second-order valence-electron chi connectivity index (χ2n) is 8.17. The van der Waals surface area contributed by atoms with E-state index in [4.69, 9.17) is 16.3 Å². The predicted octanol–water partition coefficient (Wildman–Crippen LogP) is 3.95. The smallest absolute Gasteiger partial charge is 0.328 e. The van der Waals surface area contributed by atoms with Crippen molar-refractivity contribution in [3.05, 3.63) is 63.3 Å². The maximum absolute atomic E-state index is 12.8. The molecule has 2 N–H and O–H groups in total. The van der Waals surface area contributed by atoms with E-state index in [-0.39, 0.29) is 6.42 Å². The monoisotopic (exact) mass is 452 g/mol. The van der Waals surface area contributed by atoms with Gasteiger partial charge in [0.05, 0.1) is 40.2 Å². The quantitative estimate of drug-likeness (QED) is 0.439. The third-order valence-electron chi connectivity index (χ3n) is 5.72. The number of rotatable bonds is 7. The molecule has 5 rings (SSSR count). The normalized spacial score (nSPS) is 14.7. The number of hydrogen-bond donors (Lipinski definition) is 2. The van der Waals surface area contributed by atoms with Crippen LogP contribution in [0, 0.1) is 5.92 Å². The molecule has 8 nitrogen and oxygen atoms in total. The Morgan fingerprint density at radius 3 is 2.78 bits per heavy atom. The highest BCUT2D eigenvalue weighted by molar-refractivity contribution is 6.32. The largest absolute Gasteiger partial charge is 0.492 e. The van der Waals surface area contributed by atoms with Crippen LogP contribution in [0.25, 0.3) is 21.8 Å². The Labute approximate surface area is 187 Å². The van der Waals surface area contributed by atoms with Gasteiger partial charge in [-0.05, 0) is 37.8 Å². The van der Waals surface area contributed by atoms with Crippen LogP contribution >= 0.6 is 11.6 Å². The molecule has 0 aliphatic heterocycles. The van der Waals surface area contributed by atoms with Crippen LogP contribution in [0.15, 0.2) is 41.2 Å². The summed E-state index contributed by atoms with van der Waals surface area (Å²) in [6.07, 6.45) is 2.67. The Kier molecular flexibility index (Phi) is 5.09. The Morgan fingerprint density at radius 1 is 1.31 bits per heavy atom. The van der Waals surface area contributed by atoms with Crippen LogP contribution in [0.2, 0.25) is 5.02 Å².